The van der Waals surface area contributed by atoms with E-state index in [-0.39, 0.29) is 16.7 Å². The number of nitrogens with one attached hydrogen (secondary N) is 1. The number of aromatic nitrogens is 2. The second-order valence-corrected chi connectivity index (χ2v) is 9.64. The van der Waals surface area contributed by atoms with Crippen LogP contribution in [0.25, 0.3) is 15.9 Å². The number of hydrogen-bond acceptors (Lipinski definition) is 5. The molecular formula is C22H27N3O2S2. The molecule has 3 aromatic rings. The Bertz CT molecular complexity index is 1130. The second kappa shape index (κ2) is 8.71. The lowest BCUT2D eigenvalue weighted by Gasteiger charge is -2.16. The number of amides is 1. The molecule has 2 aromatic heterocycles. The van der Waals surface area contributed by atoms with Crippen LogP contribution in [0.4, 0.5) is 0 Å². The molecule has 1 N–H and O–H groups in total. The number of carbonyl (C=O) groups excluding carboxylic acids is 1. The van der Waals surface area contributed by atoms with Gasteiger partial charge in [-0.25, -0.2) is 4.98 Å². The molecule has 5 nitrogen and oxygen atoms in total. The highest BCUT2D eigenvalue weighted by Gasteiger charge is 2.22. The first-order chi connectivity index (χ1) is 13.8. The predicted molar refractivity (Wildman–Crippen MR) is 123 cm³/mol. The maximum atomic E-state index is 13.6. The van der Waals surface area contributed by atoms with Crippen LogP contribution in [0.3, 0.4) is 0 Å². The van der Waals surface area contributed by atoms with E-state index >= 15 is 0 Å². The zero-order valence-electron chi connectivity index (χ0n) is 17.8. The van der Waals surface area contributed by atoms with Crippen molar-refractivity contribution in [3.05, 3.63) is 50.1 Å². The van der Waals surface area contributed by atoms with Crippen molar-refractivity contribution in [3.63, 3.8) is 0 Å². The van der Waals surface area contributed by atoms with E-state index in [4.69, 9.17) is 4.98 Å². The fraction of sp³-hybridized carbons (Fsp3) is 0.409. The van der Waals surface area contributed by atoms with Gasteiger partial charge in [0.25, 0.3) is 5.56 Å². The minimum atomic E-state index is -0.358. The largest absolute Gasteiger partial charge is 0.355 e. The molecule has 0 aliphatic carbocycles. The zero-order chi connectivity index (χ0) is 21.3. The molecule has 0 aliphatic heterocycles. The van der Waals surface area contributed by atoms with Gasteiger partial charge in [0.2, 0.25) is 5.91 Å². The van der Waals surface area contributed by atoms with Crippen molar-refractivity contribution in [3.8, 4) is 5.69 Å². The van der Waals surface area contributed by atoms with E-state index in [2.05, 4.69) is 12.2 Å². The van der Waals surface area contributed by atoms with Crippen molar-refractivity contribution < 1.29 is 4.79 Å². The number of nitrogens with zero attached hydrogens (tertiary/aromatic N) is 2. The lowest BCUT2D eigenvalue weighted by molar-refractivity contribution is -0.120. The van der Waals surface area contributed by atoms with Crippen molar-refractivity contribution in [2.75, 3.05) is 6.54 Å². The lowest BCUT2D eigenvalue weighted by Crippen LogP contribution is -2.31. The summed E-state index contributed by atoms with van der Waals surface area (Å²) in [4.78, 5) is 32.6. The molecule has 0 radical (unpaired) electrons. The Morgan fingerprint density at radius 1 is 1.24 bits per heavy atom. The zero-order valence-corrected chi connectivity index (χ0v) is 19.4. The summed E-state index contributed by atoms with van der Waals surface area (Å²) in [5, 5.41) is 3.73. The molecule has 0 spiro atoms. The van der Waals surface area contributed by atoms with Crippen LogP contribution in [-0.4, -0.2) is 27.3 Å². The van der Waals surface area contributed by atoms with Crippen LogP contribution in [0.2, 0.25) is 0 Å². The van der Waals surface area contributed by atoms with E-state index in [9.17, 15) is 9.59 Å². The van der Waals surface area contributed by atoms with Crippen molar-refractivity contribution >= 4 is 39.2 Å². The summed E-state index contributed by atoms with van der Waals surface area (Å²) in [5.41, 5.74) is 4.06. The molecule has 7 heteroatoms. The van der Waals surface area contributed by atoms with Crippen molar-refractivity contribution in [1.82, 2.24) is 14.9 Å². The molecule has 0 saturated carbocycles. The Labute approximate surface area is 179 Å². The fourth-order valence-electron chi connectivity index (χ4n) is 3.32. The average Bonchev–Trinajstić information content (AvgIpc) is 2.99. The second-order valence-electron chi connectivity index (χ2n) is 7.13. The Morgan fingerprint density at radius 3 is 2.59 bits per heavy atom. The average molecular weight is 430 g/mol. The van der Waals surface area contributed by atoms with Crippen LogP contribution in [0, 0.1) is 20.8 Å². The lowest BCUT2D eigenvalue weighted by atomic mass is 10.1. The smallest absolute Gasteiger partial charge is 0.267 e. The van der Waals surface area contributed by atoms with Gasteiger partial charge in [0.15, 0.2) is 5.16 Å². The Balaban J connectivity index is 2.26. The normalized spacial score (nSPS) is 12.3. The molecule has 0 fully saturated rings. The highest BCUT2D eigenvalue weighted by molar-refractivity contribution is 8.00. The Hall–Kier alpha value is -2.12. The molecule has 0 saturated heterocycles. The van der Waals surface area contributed by atoms with E-state index < -0.39 is 0 Å². The van der Waals surface area contributed by atoms with Crippen LogP contribution in [0.5, 0.6) is 0 Å². The number of benzene rings is 1. The van der Waals surface area contributed by atoms with Gasteiger partial charge in [-0.05, 0) is 69.9 Å². The van der Waals surface area contributed by atoms with E-state index in [0.717, 1.165) is 32.9 Å². The quantitative estimate of drug-likeness (QED) is 0.461. The van der Waals surface area contributed by atoms with E-state index in [0.29, 0.717) is 17.1 Å². The molecule has 1 atom stereocenters. The first-order valence-electron chi connectivity index (χ1n) is 9.85. The first kappa shape index (κ1) is 21.6. The number of hydrogen-bond donors (Lipinski definition) is 1. The number of thioether (sulfide) groups is 1. The summed E-state index contributed by atoms with van der Waals surface area (Å²) in [7, 11) is 0. The van der Waals surface area contributed by atoms with Crippen LogP contribution in [0.15, 0.2) is 28.2 Å². The number of thiophene rings is 1. The van der Waals surface area contributed by atoms with Crippen LogP contribution >= 0.6 is 23.1 Å². The number of carbonyl (C=O) groups is 1. The van der Waals surface area contributed by atoms with Gasteiger partial charge in [-0.1, -0.05) is 24.8 Å². The van der Waals surface area contributed by atoms with Gasteiger partial charge in [-0.2, -0.15) is 0 Å². The third-order valence-corrected chi connectivity index (χ3v) is 7.19. The highest BCUT2D eigenvalue weighted by Crippen LogP contribution is 2.32. The van der Waals surface area contributed by atoms with Gasteiger partial charge in [0.05, 0.1) is 16.3 Å². The summed E-state index contributed by atoms with van der Waals surface area (Å²) >= 11 is 2.87. The standard InChI is InChI=1S/C22H27N3O2S2/c1-7-17-14(5)28-20-18(17)21(27)25(16-10-9-12(3)13(4)11-16)22(24-20)29-15(6)19(26)23-8-2/h9-11,15H,7-8H2,1-6H3,(H,23,26). The van der Waals surface area contributed by atoms with Crippen molar-refractivity contribution in [2.45, 2.75) is 58.4 Å². The van der Waals surface area contributed by atoms with Crippen molar-refractivity contribution in [1.29, 1.82) is 0 Å². The highest BCUT2D eigenvalue weighted by atomic mass is 32.2. The summed E-state index contributed by atoms with van der Waals surface area (Å²) in [6, 6.07) is 5.97. The van der Waals surface area contributed by atoms with Crippen LogP contribution in [0.1, 0.15) is 42.3 Å². The topological polar surface area (TPSA) is 64.0 Å². The van der Waals surface area contributed by atoms with Gasteiger partial charge < -0.3 is 5.32 Å². The number of fused-ring (bicyclic) bond motifs is 1. The molecular weight excluding hydrogens is 402 g/mol. The number of rotatable bonds is 6. The molecule has 0 bridgehead atoms. The van der Waals surface area contributed by atoms with Gasteiger partial charge in [0, 0.05) is 11.4 Å². The van der Waals surface area contributed by atoms with E-state index in [1.807, 2.05) is 52.8 Å². The predicted octanol–water partition coefficient (Wildman–Crippen LogP) is 4.55. The van der Waals surface area contributed by atoms with Crippen LogP contribution < -0.4 is 10.9 Å². The fourth-order valence-corrected chi connectivity index (χ4v) is 5.43. The summed E-state index contributed by atoms with van der Waals surface area (Å²) < 4.78 is 1.67. The van der Waals surface area contributed by atoms with Gasteiger partial charge in [-0.3, -0.25) is 14.2 Å². The molecule has 154 valence electrons. The Morgan fingerprint density at radius 2 is 1.97 bits per heavy atom. The van der Waals surface area contributed by atoms with E-state index in [1.54, 1.807) is 15.9 Å². The third kappa shape index (κ3) is 4.12. The van der Waals surface area contributed by atoms with Crippen molar-refractivity contribution in [2.24, 2.45) is 0 Å². The first-order valence-corrected chi connectivity index (χ1v) is 11.5. The Kier molecular flexibility index (Phi) is 6.49. The maximum absolute atomic E-state index is 13.6. The molecule has 3 rings (SSSR count). The summed E-state index contributed by atoms with van der Waals surface area (Å²) in [6.07, 6.45) is 0.789. The molecule has 1 unspecified atom stereocenters. The monoisotopic (exact) mass is 429 g/mol. The number of aryl methyl sites for hydroxylation is 4. The summed E-state index contributed by atoms with van der Waals surface area (Å²) in [6.45, 7) is 12.5. The molecule has 29 heavy (non-hydrogen) atoms. The maximum Gasteiger partial charge on any atom is 0.267 e. The molecule has 2 heterocycles. The minimum absolute atomic E-state index is 0.0601. The van der Waals surface area contributed by atoms with Crippen LogP contribution in [-0.2, 0) is 11.2 Å². The van der Waals surface area contributed by atoms with Gasteiger partial charge >= 0.3 is 0 Å². The minimum Gasteiger partial charge on any atom is -0.355 e. The van der Waals surface area contributed by atoms with E-state index in [1.165, 1.54) is 17.3 Å². The summed E-state index contributed by atoms with van der Waals surface area (Å²) in [5.74, 6) is -0.0601. The molecule has 0 aliphatic rings. The third-order valence-electron chi connectivity index (χ3n) is 5.10. The molecule has 1 amide bonds. The van der Waals surface area contributed by atoms with Gasteiger partial charge in [-0.15, -0.1) is 11.3 Å². The molecule has 1 aromatic carbocycles. The SMILES string of the molecule is CCNC(=O)C(C)Sc1nc2sc(C)c(CC)c2c(=O)n1-c1ccc(C)c(C)c1. The van der Waals surface area contributed by atoms with Gasteiger partial charge in [0.1, 0.15) is 4.83 Å².